The molecule has 3 heterocycles. The number of hydrogen-bond donors (Lipinski definition) is 0. The third-order valence-corrected chi connectivity index (χ3v) is 7.56. The molecule has 0 spiro atoms. The number of methoxy groups -OCH3 is 1. The van der Waals surface area contributed by atoms with Crippen LogP contribution in [0, 0.1) is 0 Å². The van der Waals surface area contributed by atoms with Crippen LogP contribution in [0.3, 0.4) is 0 Å². The van der Waals surface area contributed by atoms with Crippen molar-refractivity contribution in [3.8, 4) is 0 Å². The number of benzene rings is 2. The zero-order valence-corrected chi connectivity index (χ0v) is 18.9. The summed E-state index contributed by atoms with van der Waals surface area (Å²) in [5, 5.41) is 1.53. The highest BCUT2D eigenvalue weighted by Crippen LogP contribution is 2.52. The second kappa shape index (κ2) is 8.51. The van der Waals surface area contributed by atoms with Crippen molar-refractivity contribution in [3.63, 3.8) is 0 Å². The SMILES string of the molecule is COC1(c2ncccn2)C[C@H]2CC[C@@H](C1)N2C(c1ccccc1Cl)c1ccccc1Cl. The summed E-state index contributed by atoms with van der Waals surface area (Å²) in [7, 11) is 1.78. The fourth-order valence-electron chi connectivity index (χ4n) is 5.52. The third-order valence-electron chi connectivity index (χ3n) is 6.87. The van der Waals surface area contributed by atoms with E-state index in [0.717, 1.165) is 52.7 Å². The first kappa shape index (κ1) is 20.9. The van der Waals surface area contributed by atoms with Crippen molar-refractivity contribution < 1.29 is 4.74 Å². The van der Waals surface area contributed by atoms with Crippen molar-refractivity contribution in [2.75, 3.05) is 7.11 Å². The lowest BCUT2D eigenvalue weighted by Gasteiger charge is -2.48. The van der Waals surface area contributed by atoms with Gasteiger partial charge in [-0.15, -0.1) is 0 Å². The van der Waals surface area contributed by atoms with Crippen LogP contribution in [0.25, 0.3) is 0 Å². The molecule has 2 aliphatic heterocycles. The van der Waals surface area contributed by atoms with E-state index in [4.69, 9.17) is 27.9 Å². The molecule has 0 amide bonds. The second-order valence-electron chi connectivity index (χ2n) is 8.46. The van der Waals surface area contributed by atoms with Gasteiger partial charge in [0.25, 0.3) is 0 Å². The molecular weight excluding hydrogens is 429 g/mol. The molecule has 3 atom stereocenters. The number of nitrogens with zero attached hydrogens (tertiary/aromatic N) is 3. The number of ether oxygens (including phenoxy) is 1. The molecule has 2 bridgehead atoms. The van der Waals surface area contributed by atoms with E-state index in [0.29, 0.717) is 12.1 Å². The molecule has 2 aromatic carbocycles. The number of aromatic nitrogens is 2. The van der Waals surface area contributed by atoms with E-state index in [1.54, 1.807) is 19.5 Å². The fourth-order valence-corrected chi connectivity index (χ4v) is 6.00. The zero-order chi connectivity index (χ0) is 21.4. The van der Waals surface area contributed by atoms with Crippen LogP contribution < -0.4 is 0 Å². The molecule has 0 N–H and O–H groups in total. The fraction of sp³-hybridized carbons (Fsp3) is 0.360. The molecule has 6 heteroatoms. The van der Waals surface area contributed by atoms with Crippen molar-refractivity contribution in [2.24, 2.45) is 0 Å². The van der Waals surface area contributed by atoms with Gasteiger partial charge in [-0.2, -0.15) is 0 Å². The summed E-state index contributed by atoms with van der Waals surface area (Å²) in [6.07, 6.45) is 7.49. The Morgan fingerprint density at radius 1 is 0.871 bits per heavy atom. The Kier molecular flexibility index (Phi) is 5.74. The number of piperidine rings is 1. The van der Waals surface area contributed by atoms with Gasteiger partial charge in [0.15, 0.2) is 5.82 Å². The highest BCUT2D eigenvalue weighted by molar-refractivity contribution is 6.32. The van der Waals surface area contributed by atoms with Gasteiger partial charge in [-0.25, -0.2) is 9.97 Å². The normalized spacial score (nSPS) is 25.8. The summed E-state index contributed by atoms with van der Waals surface area (Å²) in [4.78, 5) is 11.7. The van der Waals surface area contributed by atoms with E-state index in [9.17, 15) is 0 Å². The van der Waals surface area contributed by atoms with Gasteiger partial charge < -0.3 is 4.74 Å². The van der Waals surface area contributed by atoms with Crippen LogP contribution in [0.5, 0.6) is 0 Å². The Balaban J connectivity index is 1.58. The van der Waals surface area contributed by atoms with E-state index in [-0.39, 0.29) is 6.04 Å². The molecule has 2 saturated heterocycles. The minimum absolute atomic E-state index is 0.00792. The molecule has 2 aliphatic rings. The van der Waals surface area contributed by atoms with E-state index in [2.05, 4.69) is 27.0 Å². The Hall–Kier alpha value is -1.98. The van der Waals surface area contributed by atoms with Gasteiger partial charge in [0.1, 0.15) is 5.60 Å². The summed E-state index contributed by atoms with van der Waals surface area (Å²) in [5.41, 5.74) is 1.72. The highest BCUT2D eigenvalue weighted by atomic mass is 35.5. The Bertz CT molecular complexity index is 1000. The lowest BCUT2D eigenvalue weighted by Crippen LogP contribution is -2.52. The largest absolute Gasteiger partial charge is 0.370 e. The minimum Gasteiger partial charge on any atom is -0.370 e. The van der Waals surface area contributed by atoms with Crippen LogP contribution in [0.4, 0.5) is 0 Å². The van der Waals surface area contributed by atoms with E-state index in [1.807, 2.05) is 42.5 Å². The summed E-state index contributed by atoms with van der Waals surface area (Å²) in [6, 6.07) is 18.7. The molecule has 160 valence electrons. The first-order valence-electron chi connectivity index (χ1n) is 10.7. The average Bonchev–Trinajstić information content (AvgIpc) is 3.06. The maximum atomic E-state index is 6.72. The van der Waals surface area contributed by atoms with Crippen molar-refractivity contribution in [2.45, 2.75) is 49.4 Å². The summed E-state index contributed by atoms with van der Waals surface area (Å²) in [5.74, 6) is 0.779. The first-order valence-corrected chi connectivity index (χ1v) is 11.5. The van der Waals surface area contributed by atoms with Crippen LogP contribution in [0.15, 0.2) is 67.0 Å². The van der Waals surface area contributed by atoms with Gasteiger partial charge in [0.05, 0.1) is 6.04 Å². The lowest BCUT2D eigenvalue weighted by atomic mass is 9.82. The van der Waals surface area contributed by atoms with Crippen molar-refractivity contribution in [3.05, 3.63) is 94.0 Å². The monoisotopic (exact) mass is 453 g/mol. The van der Waals surface area contributed by atoms with Crippen molar-refractivity contribution in [1.29, 1.82) is 0 Å². The molecule has 0 saturated carbocycles. The molecule has 1 aromatic heterocycles. The molecule has 31 heavy (non-hydrogen) atoms. The molecule has 1 unspecified atom stereocenters. The predicted octanol–water partition coefficient (Wildman–Crippen LogP) is 6.04. The molecule has 2 fully saturated rings. The second-order valence-corrected chi connectivity index (χ2v) is 9.27. The molecule has 4 nitrogen and oxygen atoms in total. The lowest BCUT2D eigenvalue weighted by molar-refractivity contribution is -0.0986. The van der Waals surface area contributed by atoms with Gasteiger partial charge in [0.2, 0.25) is 0 Å². The maximum absolute atomic E-state index is 6.72. The maximum Gasteiger partial charge on any atom is 0.160 e. The predicted molar refractivity (Wildman–Crippen MR) is 123 cm³/mol. The molecular formula is C25H25Cl2N3O. The highest BCUT2D eigenvalue weighted by Gasteiger charge is 2.53. The third kappa shape index (κ3) is 3.66. The average molecular weight is 454 g/mol. The Morgan fingerprint density at radius 3 is 1.87 bits per heavy atom. The van der Waals surface area contributed by atoms with E-state index >= 15 is 0 Å². The topological polar surface area (TPSA) is 38.3 Å². The van der Waals surface area contributed by atoms with Crippen LogP contribution in [0.1, 0.15) is 48.7 Å². The molecule has 5 rings (SSSR count). The summed E-state index contributed by atoms with van der Waals surface area (Å²) < 4.78 is 6.13. The van der Waals surface area contributed by atoms with Gasteiger partial charge in [-0.3, -0.25) is 4.90 Å². The van der Waals surface area contributed by atoms with Crippen LogP contribution in [0.2, 0.25) is 10.0 Å². The molecule has 0 radical (unpaired) electrons. The van der Waals surface area contributed by atoms with Crippen molar-refractivity contribution >= 4 is 23.2 Å². The molecule has 0 aliphatic carbocycles. The van der Waals surface area contributed by atoms with E-state index < -0.39 is 5.60 Å². The number of fused-ring (bicyclic) bond motifs is 2. The number of hydrogen-bond acceptors (Lipinski definition) is 4. The van der Waals surface area contributed by atoms with Crippen molar-refractivity contribution in [1.82, 2.24) is 14.9 Å². The summed E-state index contributed by atoms with van der Waals surface area (Å²) >= 11 is 13.4. The van der Waals surface area contributed by atoms with E-state index in [1.165, 1.54) is 0 Å². The Morgan fingerprint density at radius 2 is 1.39 bits per heavy atom. The van der Waals surface area contributed by atoms with Gasteiger partial charge in [0, 0.05) is 41.6 Å². The number of halogens is 2. The van der Waals surface area contributed by atoms with Crippen LogP contribution in [-0.4, -0.2) is 34.1 Å². The smallest absolute Gasteiger partial charge is 0.160 e. The molecule has 3 aromatic rings. The standard InChI is InChI=1S/C25H25Cl2N3O/c1-31-25(24-28-13-6-14-29-24)15-17-11-12-18(16-25)30(17)23(19-7-2-4-9-21(19)26)20-8-3-5-10-22(20)27/h2-10,13-14,17-18,23H,11-12,15-16H2,1H3/t17-,18+,25?. The Labute approximate surface area is 193 Å². The van der Waals surface area contributed by atoms with Crippen LogP contribution in [-0.2, 0) is 10.3 Å². The quantitative estimate of drug-likeness (QED) is 0.471. The van der Waals surface area contributed by atoms with Crippen LogP contribution >= 0.6 is 23.2 Å². The number of rotatable bonds is 5. The summed E-state index contributed by atoms with van der Waals surface area (Å²) in [6.45, 7) is 0. The van der Waals surface area contributed by atoms with Gasteiger partial charge >= 0.3 is 0 Å². The minimum atomic E-state index is -0.463. The van der Waals surface area contributed by atoms with Gasteiger partial charge in [-0.1, -0.05) is 59.6 Å². The van der Waals surface area contributed by atoms with Gasteiger partial charge in [-0.05, 0) is 55.0 Å². The first-order chi connectivity index (χ1) is 15.1. The zero-order valence-electron chi connectivity index (χ0n) is 17.4.